The molecule has 23 heavy (non-hydrogen) atoms. The van der Waals surface area contributed by atoms with E-state index in [1.54, 1.807) is 30.6 Å². The number of ether oxygens (including phenoxy) is 1. The normalized spacial score (nSPS) is 13.7. The molecule has 0 amide bonds. The minimum absolute atomic E-state index is 0.477. The lowest BCUT2D eigenvalue weighted by Gasteiger charge is -2.07. The first-order chi connectivity index (χ1) is 11.3. The van der Waals surface area contributed by atoms with Crippen molar-refractivity contribution in [1.82, 2.24) is 4.98 Å². The number of pyridine rings is 1. The van der Waals surface area contributed by atoms with E-state index < -0.39 is 6.10 Å². The van der Waals surface area contributed by atoms with Crippen LogP contribution < -0.4 is 4.74 Å². The van der Waals surface area contributed by atoms with Crippen molar-refractivity contribution in [3.05, 3.63) is 73.1 Å². The van der Waals surface area contributed by atoms with E-state index in [1.165, 1.54) is 0 Å². The quantitative estimate of drug-likeness (QED) is 0.368. The third-order valence-corrected chi connectivity index (χ3v) is 3.04. The summed E-state index contributed by atoms with van der Waals surface area (Å²) in [5.41, 5.74) is 0. The van der Waals surface area contributed by atoms with E-state index in [4.69, 9.17) is 4.74 Å². The van der Waals surface area contributed by atoms with Crippen LogP contribution in [0.4, 0.5) is 0 Å². The van der Waals surface area contributed by atoms with Crippen LogP contribution >= 0.6 is 0 Å². The molecule has 0 aliphatic rings. The molecule has 0 aromatic carbocycles. The number of aromatic nitrogens is 1. The Labute approximate surface area is 139 Å². The van der Waals surface area contributed by atoms with Gasteiger partial charge in [0, 0.05) is 18.8 Å². The fraction of sp³-hybridized carbons (Fsp3) is 0.350. The molecule has 0 saturated heterocycles. The fourth-order valence-corrected chi connectivity index (χ4v) is 1.80. The zero-order valence-corrected chi connectivity index (χ0v) is 13.8. The first-order valence-electron chi connectivity index (χ1n) is 8.18. The summed E-state index contributed by atoms with van der Waals surface area (Å²) in [4.78, 5) is 3.92. The van der Waals surface area contributed by atoms with E-state index in [9.17, 15) is 5.11 Å². The molecule has 0 aliphatic carbocycles. The van der Waals surface area contributed by atoms with E-state index in [0.29, 0.717) is 13.0 Å². The van der Waals surface area contributed by atoms with Crippen molar-refractivity contribution >= 4 is 0 Å². The molecule has 0 bridgehead atoms. The van der Waals surface area contributed by atoms with Crippen LogP contribution in [0.25, 0.3) is 0 Å². The van der Waals surface area contributed by atoms with Crippen molar-refractivity contribution in [3.63, 3.8) is 0 Å². The number of hydrogen-bond donors (Lipinski definition) is 1. The molecule has 3 heteroatoms. The SMILES string of the molecule is CC/C=C\CC/C=C/C=C\C=C\[C@@H](O)CCOc1ccncc1. The molecule has 1 aromatic heterocycles. The molecular formula is C20H27NO2. The van der Waals surface area contributed by atoms with Gasteiger partial charge in [0.1, 0.15) is 5.75 Å². The third-order valence-electron chi connectivity index (χ3n) is 3.04. The lowest BCUT2D eigenvalue weighted by Crippen LogP contribution is -2.08. The molecule has 3 nitrogen and oxygen atoms in total. The minimum atomic E-state index is -0.496. The maximum atomic E-state index is 9.81. The second kappa shape index (κ2) is 13.5. The number of aliphatic hydroxyl groups excluding tert-OH is 1. The molecule has 0 radical (unpaired) electrons. The molecule has 0 aliphatic heterocycles. The van der Waals surface area contributed by atoms with Gasteiger partial charge in [0.15, 0.2) is 0 Å². The maximum Gasteiger partial charge on any atom is 0.122 e. The van der Waals surface area contributed by atoms with E-state index in [2.05, 4.69) is 30.1 Å². The van der Waals surface area contributed by atoms with Gasteiger partial charge in [-0.15, -0.1) is 0 Å². The molecule has 0 saturated carbocycles. The van der Waals surface area contributed by atoms with Crippen molar-refractivity contribution in [1.29, 1.82) is 0 Å². The predicted molar refractivity (Wildman–Crippen MR) is 96.4 cm³/mol. The van der Waals surface area contributed by atoms with Crippen LogP contribution in [0.5, 0.6) is 5.75 Å². The number of aliphatic hydroxyl groups is 1. The first kappa shape index (κ1) is 18.9. The third kappa shape index (κ3) is 11.1. The Balaban J connectivity index is 2.10. The maximum absolute atomic E-state index is 9.81. The number of nitrogens with zero attached hydrogens (tertiary/aromatic N) is 1. The summed E-state index contributed by atoms with van der Waals surface area (Å²) in [5, 5.41) is 9.81. The molecular weight excluding hydrogens is 286 g/mol. The van der Waals surface area contributed by atoms with Gasteiger partial charge in [-0.05, 0) is 31.4 Å². The number of rotatable bonds is 11. The Morgan fingerprint density at radius 3 is 2.57 bits per heavy atom. The van der Waals surface area contributed by atoms with E-state index in [-0.39, 0.29) is 0 Å². The minimum Gasteiger partial charge on any atom is -0.493 e. The molecule has 0 spiro atoms. The highest BCUT2D eigenvalue weighted by atomic mass is 16.5. The molecule has 1 rings (SSSR count). The van der Waals surface area contributed by atoms with Crippen molar-refractivity contribution in [2.45, 2.75) is 38.7 Å². The van der Waals surface area contributed by atoms with Crippen LogP contribution in [0, 0.1) is 0 Å². The van der Waals surface area contributed by atoms with Gasteiger partial charge in [0.05, 0.1) is 12.7 Å². The topological polar surface area (TPSA) is 42.4 Å². The van der Waals surface area contributed by atoms with Crippen LogP contribution in [0.2, 0.25) is 0 Å². The van der Waals surface area contributed by atoms with E-state index >= 15 is 0 Å². The summed E-state index contributed by atoms with van der Waals surface area (Å²) >= 11 is 0. The van der Waals surface area contributed by atoms with Gasteiger partial charge in [-0.25, -0.2) is 0 Å². The van der Waals surface area contributed by atoms with Crippen LogP contribution in [0.3, 0.4) is 0 Å². The Bertz CT molecular complexity index is 504. The zero-order chi connectivity index (χ0) is 16.6. The van der Waals surface area contributed by atoms with Crippen molar-refractivity contribution < 1.29 is 9.84 Å². The van der Waals surface area contributed by atoms with Crippen LogP contribution in [-0.4, -0.2) is 22.8 Å². The van der Waals surface area contributed by atoms with Crippen LogP contribution in [-0.2, 0) is 0 Å². The van der Waals surface area contributed by atoms with Crippen molar-refractivity contribution in [2.75, 3.05) is 6.61 Å². The highest BCUT2D eigenvalue weighted by Gasteiger charge is 1.99. The second-order valence-corrected chi connectivity index (χ2v) is 5.04. The first-order valence-corrected chi connectivity index (χ1v) is 8.18. The Morgan fingerprint density at radius 2 is 1.78 bits per heavy atom. The van der Waals surface area contributed by atoms with Crippen molar-refractivity contribution in [3.8, 4) is 5.75 Å². The van der Waals surface area contributed by atoms with Gasteiger partial charge in [-0.1, -0.05) is 55.5 Å². The molecule has 1 N–H and O–H groups in total. The number of hydrogen-bond acceptors (Lipinski definition) is 3. The number of unbranched alkanes of at least 4 members (excludes halogenated alkanes) is 1. The van der Waals surface area contributed by atoms with Gasteiger partial charge in [-0.2, -0.15) is 0 Å². The van der Waals surface area contributed by atoms with Gasteiger partial charge in [0.25, 0.3) is 0 Å². The molecule has 124 valence electrons. The summed E-state index contributed by atoms with van der Waals surface area (Å²) in [7, 11) is 0. The molecule has 1 atom stereocenters. The van der Waals surface area contributed by atoms with Gasteiger partial charge >= 0.3 is 0 Å². The van der Waals surface area contributed by atoms with Crippen molar-refractivity contribution in [2.24, 2.45) is 0 Å². The summed E-state index contributed by atoms with van der Waals surface area (Å²) in [6.07, 6.45) is 22.8. The standard InChI is InChI=1S/C20H27NO2/c1-2-3-4-5-6-7-8-9-10-11-12-19(22)15-18-23-20-13-16-21-17-14-20/h3-4,7-14,16-17,19,22H,2,5-6,15,18H2,1H3/b4-3-,8-7+,10-9-,12-11+/t19-/m1/s1. The Kier molecular flexibility index (Phi) is 11.1. The Hall–Kier alpha value is -2.13. The summed E-state index contributed by atoms with van der Waals surface area (Å²) in [6.45, 7) is 2.62. The predicted octanol–water partition coefficient (Wildman–Crippen LogP) is 4.63. The van der Waals surface area contributed by atoms with Gasteiger partial charge < -0.3 is 9.84 Å². The Morgan fingerprint density at radius 1 is 1.04 bits per heavy atom. The van der Waals surface area contributed by atoms with E-state index in [0.717, 1.165) is 25.0 Å². The largest absolute Gasteiger partial charge is 0.493 e. The summed E-state index contributed by atoms with van der Waals surface area (Å²) in [5.74, 6) is 0.773. The molecule has 1 aromatic rings. The van der Waals surface area contributed by atoms with Gasteiger partial charge in [-0.3, -0.25) is 4.98 Å². The van der Waals surface area contributed by atoms with E-state index in [1.807, 2.05) is 24.3 Å². The summed E-state index contributed by atoms with van der Waals surface area (Å²) in [6, 6.07) is 3.60. The average molecular weight is 313 g/mol. The van der Waals surface area contributed by atoms with Crippen LogP contribution in [0.15, 0.2) is 73.1 Å². The highest BCUT2D eigenvalue weighted by molar-refractivity contribution is 5.16. The molecule has 0 unspecified atom stereocenters. The lowest BCUT2D eigenvalue weighted by molar-refractivity contribution is 0.178. The highest BCUT2D eigenvalue weighted by Crippen LogP contribution is 2.07. The second-order valence-electron chi connectivity index (χ2n) is 5.04. The zero-order valence-electron chi connectivity index (χ0n) is 13.8. The smallest absolute Gasteiger partial charge is 0.122 e. The molecule has 1 heterocycles. The fourth-order valence-electron chi connectivity index (χ4n) is 1.80. The molecule has 0 fully saturated rings. The average Bonchev–Trinajstić information content (AvgIpc) is 2.57. The lowest BCUT2D eigenvalue weighted by atomic mass is 10.2. The van der Waals surface area contributed by atoms with Crippen LogP contribution in [0.1, 0.15) is 32.6 Å². The van der Waals surface area contributed by atoms with Gasteiger partial charge in [0.2, 0.25) is 0 Å². The summed E-state index contributed by atoms with van der Waals surface area (Å²) < 4.78 is 5.51. The number of allylic oxidation sites excluding steroid dienone is 7. The monoisotopic (exact) mass is 313 g/mol.